The summed E-state index contributed by atoms with van der Waals surface area (Å²) in [6, 6.07) is 6.12. The lowest BCUT2D eigenvalue weighted by molar-refractivity contribution is -0.128. The number of carbonyl (C=O) groups excluding carboxylic acids is 1. The summed E-state index contributed by atoms with van der Waals surface area (Å²) in [7, 11) is -1.43. The van der Waals surface area contributed by atoms with E-state index in [4.69, 9.17) is 5.11 Å². The highest BCUT2D eigenvalue weighted by atomic mass is 32.2. The number of amides is 1. The summed E-state index contributed by atoms with van der Waals surface area (Å²) in [5.74, 6) is -1.17. The van der Waals surface area contributed by atoms with Crippen LogP contribution in [0.4, 0.5) is 0 Å². The highest BCUT2D eigenvalue weighted by Gasteiger charge is 2.31. The van der Waals surface area contributed by atoms with Crippen molar-refractivity contribution in [3.05, 3.63) is 29.8 Å². The molecule has 1 N–H and O–H groups in total. The van der Waals surface area contributed by atoms with Crippen molar-refractivity contribution in [3.8, 4) is 0 Å². The molecule has 0 spiro atoms. The number of carboxylic acids is 1. The monoisotopic (exact) mass is 295 g/mol. The van der Waals surface area contributed by atoms with Gasteiger partial charge in [-0.1, -0.05) is 0 Å². The third kappa shape index (κ3) is 3.45. The quantitative estimate of drug-likeness (QED) is 0.863. The maximum Gasteiger partial charge on any atom is 0.335 e. The van der Waals surface area contributed by atoms with E-state index in [-0.39, 0.29) is 17.2 Å². The largest absolute Gasteiger partial charge is 0.478 e. The van der Waals surface area contributed by atoms with Gasteiger partial charge in [0.2, 0.25) is 5.91 Å². The second kappa shape index (κ2) is 6.17. The first kappa shape index (κ1) is 14.7. The molecule has 1 aromatic carbocycles. The van der Waals surface area contributed by atoms with Crippen molar-refractivity contribution < 1.29 is 18.9 Å². The first-order valence-corrected chi connectivity index (χ1v) is 7.86. The highest BCUT2D eigenvalue weighted by molar-refractivity contribution is 7.85. The van der Waals surface area contributed by atoms with Gasteiger partial charge in [-0.3, -0.25) is 9.00 Å². The van der Waals surface area contributed by atoms with Crippen molar-refractivity contribution in [1.82, 2.24) is 4.90 Å². The minimum atomic E-state index is -1.43. The van der Waals surface area contributed by atoms with Crippen molar-refractivity contribution in [2.24, 2.45) is 0 Å². The number of benzene rings is 1. The molecule has 1 unspecified atom stereocenters. The Bertz CT molecular complexity index is 537. The smallest absolute Gasteiger partial charge is 0.335 e. The number of hydrogen-bond donors (Lipinski definition) is 1. The average molecular weight is 295 g/mol. The summed E-state index contributed by atoms with van der Waals surface area (Å²) in [6.07, 6.45) is 2.05. The molecule has 0 saturated heterocycles. The Morgan fingerprint density at radius 1 is 1.30 bits per heavy atom. The molecular formula is C14H17NO4S. The van der Waals surface area contributed by atoms with Crippen LogP contribution in [0.5, 0.6) is 0 Å². The number of carboxylic acid groups (broad SMARTS) is 1. The Hall–Kier alpha value is -1.69. The Morgan fingerprint density at radius 3 is 2.35 bits per heavy atom. The van der Waals surface area contributed by atoms with E-state index in [0.29, 0.717) is 17.5 Å². The predicted molar refractivity (Wildman–Crippen MR) is 75.1 cm³/mol. The third-order valence-corrected chi connectivity index (χ3v) is 4.57. The number of nitrogens with zero attached hydrogens (tertiary/aromatic N) is 1. The molecule has 0 aromatic heterocycles. The van der Waals surface area contributed by atoms with Crippen LogP contribution in [0.1, 0.15) is 30.1 Å². The van der Waals surface area contributed by atoms with E-state index in [9.17, 15) is 13.8 Å². The molecule has 108 valence electrons. The fourth-order valence-electron chi connectivity index (χ4n) is 2.05. The summed E-state index contributed by atoms with van der Waals surface area (Å²) < 4.78 is 12.1. The zero-order valence-electron chi connectivity index (χ0n) is 11.2. The fourth-order valence-corrected chi connectivity index (χ4v) is 3.05. The summed E-state index contributed by atoms with van der Waals surface area (Å²) in [6.45, 7) is 2.56. The van der Waals surface area contributed by atoms with Crippen molar-refractivity contribution >= 4 is 22.7 Å². The van der Waals surface area contributed by atoms with Gasteiger partial charge >= 0.3 is 5.97 Å². The summed E-state index contributed by atoms with van der Waals surface area (Å²) >= 11 is 0. The second-order valence-corrected chi connectivity index (χ2v) is 6.18. The molecule has 1 fully saturated rings. The van der Waals surface area contributed by atoms with Crippen LogP contribution in [0.2, 0.25) is 0 Å². The second-order valence-electron chi connectivity index (χ2n) is 4.73. The van der Waals surface area contributed by atoms with E-state index < -0.39 is 16.8 Å². The predicted octanol–water partition coefficient (Wildman–Crippen LogP) is 1.50. The lowest BCUT2D eigenvalue weighted by atomic mass is 10.2. The van der Waals surface area contributed by atoms with E-state index >= 15 is 0 Å². The average Bonchev–Trinajstić information content (AvgIpc) is 3.24. The molecule has 0 radical (unpaired) electrons. The van der Waals surface area contributed by atoms with Crippen LogP contribution in [0, 0.1) is 0 Å². The molecule has 2 rings (SSSR count). The zero-order chi connectivity index (χ0) is 14.7. The van der Waals surface area contributed by atoms with E-state index in [0.717, 1.165) is 12.8 Å². The van der Waals surface area contributed by atoms with Gasteiger partial charge in [-0.2, -0.15) is 0 Å². The summed E-state index contributed by atoms with van der Waals surface area (Å²) in [4.78, 5) is 25.0. The van der Waals surface area contributed by atoms with Crippen molar-refractivity contribution in [3.63, 3.8) is 0 Å². The summed E-state index contributed by atoms with van der Waals surface area (Å²) in [5, 5.41) is 8.80. The van der Waals surface area contributed by atoms with Gasteiger partial charge in [-0.05, 0) is 44.0 Å². The highest BCUT2D eigenvalue weighted by Crippen LogP contribution is 2.26. The molecule has 1 amide bonds. The number of hydrogen-bond acceptors (Lipinski definition) is 3. The van der Waals surface area contributed by atoms with Crippen molar-refractivity contribution in [2.45, 2.75) is 30.7 Å². The number of aromatic carboxylic acids is 1. The standard InChI is InChI=1S/C14H17NO4S/c1-2-15(11-5-6-11)13(16)9-20(19)12-7-3-10(4-8-12)14(17)18/h3-4,7-8,11H,2,5-6,9H2,1H3,(H,17,18). The molecule has 1 aromatic rings. The van der Waals surface area contributed by atoms with Crippen molar-refractivity contribution in [1.29, 1.82) is 0 Å². The normalized spacial score (nSPS) is 15.7. The van der Waals surface area contributed by atoms with Gasteiger partial charge in [0.25, 0.3) is 0 Å². The van der Waals surface area contributed by atoms with Crippen LogP contribution in [-0.2, 0) is 15.6 Å². The van der Waals surface area contributed by atoms with Gasteiger partial charge in [-0.15, -0.1) is 0 Å². The molecule has 0 aliphatic heterocycles. The van der Waals surface area contributed by atoms with Gasteiger partial charge < -0.3 is 10.0 Å². The topological polar surface area (TPSA) is 74.7 Å². The van der Waals surface area contributed by atoms with Crippen LogP contribution < -0.4 is 0 Å². The van der Waals surface area contributed by atoms with E-state index in [2.05, 4.69) is 0 Å². The molecule has 1 aliphatic carbocycles. The Morgan fingerprint density at radius 2 is 1.90 bits per heavy atom. The minimum absolute atomic E-state index is 0.0449. The molecule has 0 heterocycles. The SMILES string of the molecule is CCN(C(=O)CS(=O)c1ccc(C(=O)O)cc1)C1CC1. The van der Waals surface area contributed by atoms with Crippen LogP contribution in [0.15, 0.2) is 29.2 Å². The lowest BCUT2D eigenvalue weighted by Gasteiger charge is -2.19. The molecule has 0 bridgehead atoms. The Kier molecular flexibility index (Phi) is 4.54. The van der Waals surface area contributed by atoms with Gasteiger partial charge in [0.1, 0.15) is 5.75 Å². The molecule has 20 heavy (non-hydrogen) atoms. The Balaban J connectivity index is 2.00. The first-order chi connectivity index (χ1) is 9.52. The molecule has 5 nitrogen and oxygen atoms in total. The molecule has 1 aliphatic rings. The number of rotatable bonds is 6. The maximum atomic E-state index is 12.1. The van der Waals surface area contributed by atoms with Gasteiger partial charge in [0.05, 0.1) is 16.4 Å². The number of carbonyl (C=O) groups is 2. The first-order valence-electron chi connectivity index (χ1n) is 6.54. The molecule has 1 saturated carbocycles. The summed E-state index contributed by atoms with van der Waals surface area (Å²) in [5.41, 5.74) is 0.144. The lowest BCUT2D eigenvalue weighted by Crippen LogP contribution is -2.36. The van der Waals surface area contributed by atoms with Gasteiger partial charge in [-0.25, -0.2) is 4.79 Å². The molecule has 6 heteroatoms. The molecule has 1 atom stereocenters. The third-order valence-electron chi connectivity index (χ3n) is 3.27. The van der Waals surface area contributed by atoms with E-state index in [1.807, 2.05) is 6.92 Å². The van der Waals surface area contributed by atoms with Crippen LogP contribution >= 0.6 is 0 Å². The molecular weight excluding hydrogens is 278 g/mol. The van der Waals surface area contributed by atoms with E-state index in [1.165, 1.54) is 24.3 Å². The minimum Gasteiger partial charge on any atom is -0.478 e. The van der Waals surface area contributed by atoms with Gasteiger partial charge in [0.15, 0.2) is 0 Å². The van der Waals surface area contributed by atoms with Crippen LogP contribution in [-0.4, -0.2) is 44.4 Å². The Labute approximate surface area is 120 Å². The zero-order valence-corrected chi connectivity index (χ0v) is 12.1. The van der Waals surface area contributed by atoms with E-state index in [1.54, 1.807) is 4.90 Å². The fraction of sp³-hybridized carbons (Fsp3) is 0.429. The van der Waals surface area contributed by atoms with Crippen molar-refractivity contribution in [2.75, 3.05) is 12.3 Å². The van der Waals surface area contributed by atoms with Crippen LogP contribution in [0.3, 0.4) is 0 Å². The van der Waals surface area contributed by atoms with Gasteiger partial charge in [0, 0.05) is 17.5 Å². The van der Waals surface area contributed by atoms with Crippen LogP contribution in [0.25, 0.3) is 0 Å². The maximum absolute atomic E-state index is 12.1.